The number of likely N-dealkylation sites (N-methyl/N-ethyl adjacent to an activating group) is 2. The smallest absolute Gasteiger partial charge is 0.236 e. The summed E-state index contributed by atoms with van der Waals surface area (Å²) in [5, 5.41) is 3.50. The Labute approximate surface area is 184 Å². The number of carbonyl (C=O) groups excluding carboxylic acids is 1. The third kappa shape index (κ3) is 6.70. The molecule has 0 spiro atoms. The second kappa shape index (κ2) is 10.6. The number of carbonyl (C=O) groups is 1. The van der Waals surface area contributed by atoms with Gasteiger partial charge in [-0.3, -0.25) is 9.69 Å². The summed E-state index contributed by atoms with van der Waals surface area (Å²) in [6, 6.07) is 8.46. The average molecular weight is 429 g/mol. The Morgan fingerprint density at radius 3 is 2.48 bits per heavy atom. The molecule has 1 saturated heterocycles. The van der Waals surface area contributed by atoms with Crippen LogP contribution in [0.1, 0.15) is 42.4 Å². The molecule has 0 bridgehead atoms. The molecule has 1 amide bonds. The molecule has 0 unspecified atom stereocenters. The van der Waals surface area contributed by atoms with Crippen LogP contribution in [0.3, 0.4) is 0 Å². The highest BCUT2D eigenvalue weighted by atomic mass is 19.1. The Morgan fingerprint density at radius 2 is 1.84 bits per heavy atom. The fourth-order valence-corrected chi connectivity index (χ4v) is 3.68. The van der Waals surface area contributed by atoms with Gasteiger partial charge in [-0.2, -0.15) is 0 Å². The predicted molar refractivity (Wildman–Crippen MR) is 120 cm³/mol. The fraction of sp³-hybridized carbons (Fsp3) is 0.522. The molecular weight excluding hydrogens is 395 g/mol. The van der Waals surface area contributed by atoms with Crippen LogP contribution in [0.5, 0.6) is 0 Å². The molecule has 31 heavy (non-hydrogen) atoms. The number of anilines is 1. The molecule has 168 valence electrons. The van der Waals surface area contributed by atoms with Crippen molar-refractivity contribution < 1.29 is 9.18 Å². The van der Waals surface area contributed by atoms with Crippen molar-refractivity contribution in [1.29, 1.82) is 0 Å². The Balaban J connectivity index is 1.63. The number of nitrogens with one attached hydrogen (secondary N) is 1. The van der Waals surface area contributed by atoms with E-state index in [9.17, 15) is 9.18 Å². The normalized spacial score (nSPS) is 16.4. The summed E-state index contributed by atoms with van der Waals surface area (Å²) in [5.74, 6) is 1.40. The first-order valence-corrected chi connectivity index (χ1v) is 10.8. The molecule has 1 atom stereocenters. The zero-order valence-corrected chi connectivity index (χ0v) is 18.9. The molecule has 1 aromatic heterocycles. The topological polar surface area (TPSA) is 64.6 Å². The van der Waals surface area contributed by atoms with E-state index >= 15 is 0 Å². The minimum Gasteiger partial charge on any atom is -0.363 e. The first-order valence-electron chi connectivity index (χ1n) is 10.8. The molecule has 1 aromatic carbocycles. The Morgan fingerprint density at radius 1 is 1.10 bits per heavy atom. The maximum Gasteiger partial charge on any atom is 0.236 e. The molecule has 0 saturated carbocycles. The number of aromatic nitrogens is 2. The maximum absolute atomic E-state index is 13.1. The van der Waals surface area contributed by atoms with Crippen LogP contribution in [-0.2, 0) is 17.9 Å². The van der Waals surface area contributed by atoms with Gasteiger partial charge in [0.05, 0.1) is 24.8 Å². The first kappa shape index (κ1) is 23.1. The van der Waals surface area contributed by atoms with Gasteiger partial charge in [0.15, 0.2) is 0 Å². The van der Waals surface area contributed by atoms with Gasteiger partial charge in [0.2, 0.25) is 5.91 Å². The molecular formula is C23H33FN6O. The van der Waals surface area contributed by atoms with Gasteiger partial charge in [-0.15, -0.1) is 0 Å². The molecule has 0 radical (unpaired) electrons. The lowest BCUT2D eigenvalue weighted by Gasteiger charge is -2.25. The van der Waals surface area contributed by atoms with Crippen LogP contribution in [0.4, 0.5) is 10.2 Å². The summed E-state index contributed by atoms with van der Waals surface area (Å²) in [5.41, 5.74) is 1.80. The third-order valence-electron chi connectivity index (χ3n) is 5.46. The highest BCUT2D eigenvalue weighted by Crippen LogP contribution is 2.22. The van der Waals surface area contributed by atoms with Gasteiger partial charge >= 0.3 is 0 Å². The van der Waals surface area contributed by atoms with Crippen molar-refractivity contribution >= 4 is 11.7 Å². The zero-order valence-electron chi connectivity index (χ0n) is 18.9. The molecule has 3 rings (SSSR count). The van der Waals surface area contributed by atoms with Gasteiger partial charge in [0.1, 0.15) is 17.5 Å². The highest BCUT2D eigenvalue weighted by Gasteiger charge is 2.20. The summed E-state index contributed by atoms with van der Waals surface area (Å²) in [4.78, 5) is 27.9. The molecule has 1 fully saturated rings. The van der Waals surface area contributed by atoms with E-state index in [0.717, 1.165) is 35.9 Å². The molecule has 8 heteroatoms. The molecule has 2 heterocycles. The van der Waals surface area contributed by atoms with Gasteiger partial charge in [-0.05, 0) is 44.1 Å². The molecule has 2 aromatic rings. The van der Waals surface area contributed by atoms with E-state index in [1.54, 1.807) is 24.1 Å². The number of piperidine rings is 1. The lowest BCUT2D eigenvalue weighted by molar-refractivity contribution is -0.131. The van der Waals surface area contributed by atoms with Crippen molar-refractivity contribution in [3.8, 4) is 0 Å². The van der Waals surface area contributed by atoms with Crippen LogP contribution in [0.15, 0.2) is 30.3 Å². The van der Waals surface area contributed by atoms with E-state index in [1.165, 1.54) is 25.0 Å². The largest absolute Gasteiger partial charge is 0.363 e. The third-order valence-corrected chi connectivity index (χ3v) is 5.46. The summed E-state index contributed by atoms with van der Waals surface area (Å²) in [6.45, 7) is 2.26. The number of benzene rings is 1. The van der Waals surface area contributed by atoms with Crippen LogP contribution >= 0.6 is 0 Å². The Bertz CT molecular complexity index is 867. The number of nitrogens with zero attached hydrogens (tertiary/aromatic N) is 5. The first-order chi connectivity index (χ1) is 14.8. The van der Waals surface area contributed by atoms with Crippen molar-refractivity contribution in [3.63, 3.8) is 0 Å². The summed E-state index contributed by atoms with van der Waals surface area (Å²) in [7, 11) is 7.60. The van der Waals surface area contributed by atoms with Gasteiger partial charge in [-0.25, -0.2) is 14.4 Å². The SMILES string of the molecule is CN(CC(=O)N(C)Cc1cc(N(C)C)nc([C@H]2CCCCN2)n1)Cc1ccc(F)cc1. The second-order valence-corrected chi connectivity index (χ2v) is 8.52. The number of halogens is 1. The van der Waals surface area contributed by atoms with Crippen LogP contribution in [0, 0.1) is 5.82 Å². The predicted octanol–water partition coefficient (Wildman–Crippen LogP) is 2.59. The maximum atomic E-state index is 13.1. The molecule has 1 aliphatic rings. The van der Waals surface area contributed by atoms with Crippen LogP contribution in [0.2, 0.25) is 0 Å². The average Bonchev–Trinajstić information content (AvgIpc) is 2.75. The zero-order chi connectivity index (χ0) is 22.4. The minimum absolute atomic E-state index is 0.00645. The van der Waals surface area contributed by atoms with Gasteiger partial charge in [-0.1, -0.05) is 18.6 Å². The highest BCUT2D eigenvalue weighted by molar-refractivity contribution is 5.77. The van der Waals surface area contributed by atoms with Crippen LogP contribution in [-0.4, -0.2) is 67.0 Å². The van der Waals surface area contributed by atoms with E-state index in [-0.39, 0.29) is 24.3 Å². The Kier molecular flexibility index (Phi) is 7.92. The van der Waals surface area contributed by atoms with Crippen LogP contribution in [0.25, 0.3) is 0 Å². The van der Waals surface area contributed by atoms with Crippen molar-refractivity contribution in [2.24, 2.45) is 0 Å². The quantitative estimate of drug-likeness (QED) is 0.697. The lowest BCUT2D eigenvalue weighted by Crippen LogP contribution is -2.36. The summed E-state index contributed by atoms with van der Waals surface area (Å²) >= 11 is 0. The standard InChI is InChI=1S/C23H33FN6O/c1-28(2)21-13-19(26-23(27-21)20-7-5-6-12-25-20)15-30(4)22(31)16-29(3)14-17-8-10-18(24)11-9-17/h8-11,13,20,25H,5-7,12,14-16H2,1-4H3/t20-/m1/s1. The summed E-state index contributed by atoms with van der Waals surface area (Å²) < 4.78 is 13.1. The summed E-state index contributed by atoms with van der Waals surface area (Å²) in [6.07, 6.45) is 3.38. The van der Waals surface area contributed by atoms with Gasteiger partial charge < -0.3 is 15.1 Å². The molecule has 1 N–H and O–H groups in total. The second-order valence-electron chi connectivity index (χ2n) is 8.52. The van der Waals surface area contributed by atoms with E-state index in [0.29, 0.717) is 13.1 Å². The number of hydrogen-bond donors (Lipinski definition) is 1. The van der Waals surface area contributed by atoms with E-state index in [2.05, 4.69) is 5.32 Å². The van der Waals surface area contributed by atoms with Gasteiger partial charge in [0, 0.05) is 33.8 Å². The van der Waals surface area contributed by atoms with Gasteiger partial charge in [0.25, 0.3) is 0 Å². The fourth-order valence-electron chi connectivity index (χ4n) is 3.68. The number of amides is 1. The van der Waals surface area contributed by atoms with Crippen molar-refractivity contribution in [2.75, 3.05) is 46.2 Å². The number of hydrogen-bond acceptors (Lipinski definition) is 6. The monoisotopic (exact) mass is 428 g/mol. The Hall–Kier alpha value is -2.58. The van der Waals surface area contributed by atoms with Crippen molar-refractivity contribution in [1.82, 2.24) is 25.1 Å². The number of rotatable bonds is 8. The molecule has 7 nitrogen and oxygen atoms in total. The van der Waals surface area contributed by atoms with E-state index < -0.39 is 0 Å². The molecule has 1 aliphatic heterocycles. The van der Waals surface area contributed by atoms with Crippen molar-refractivity contribution in [2.45, 2.75) is 38.4 Å². The molecule has 0 aliphatic carbocycles. The van der Waals surface area contributed by atoms with E-state index in [4.69, 9.17) is 9.97 Å². The van der Waals surface area contributed by atoms with E-state index in [1.807, 2.05) is 37.0 Å². The van der Waals surface area contributed by atoms with Crippen LogP contribution < -0.4 is 10.2 Å². The van der Waals surface area contributed by atoms with Crippen molar-refractivity contribution in [3.05, 3.63) is 53.2 Å². The minimum atomic E-state index is -0.257. The lowest BCUT2D eigenvalue weighted by atomic mass is 10.0.